The fourth-order valence-corrected chi connectivity index (χ4v) is 12.8. The first-order valence-electron chi connectivity index (χ1n) is 17.2. The predicted octanol–water partition coefficient (Wildman–Crippen LogP) is 4.91. The van der Waals surface area contributed by atoms with E-state index in [1.165, 1.54) is 12.1 Å². The summed E-state index contributed by atoms with van der Waals surface area (Å²) in [7, 11) is -0.829. The molecule has 6 atom stereocenters. The molecular weight excluding hydrogens is 718 g/mol. The summed E-state index contributed by atoms with van der Waals surface area (Å²) in [6.45, 7) is 8.82. The van der Waals surface area contributed by atoms with Gasteiger partial charge in [0.25, 0.3) is 11.8 Å². The molecule has 1 spiro atoms. The highest BCUT2D eigenvalue weighted by Gasteiger charge is 2.66. The Hall–Kier alpha value is -3.55. The van der Waals surface area contributed by atoms with Crippen LogP contribution in [0.1, 0.15) is 44.2 Å². The molecule has 6 rings (SSSR count). The number of likely N-dealkylation sites (tertiary alicyclic amines) is 1. The summed E-state index contributed by atoms with van der Waals surface area (Å²) in [5.41, 5.74) is 1.34. The van der Waals surface area contributed by atoms with Crippen molar-refractivity contribution >= 4 is 58.3 Å². The Bertz CT molecular complexity index is 1770. The van der Waals surface area contributed by atoms with Gasteiger partial charge in [0.05, 0.1) is 52.6 Å². The first-order chi connectivity index (χ1) is 23.8. The summed E-state index contributed by atoms with van der Waals surface area (Å²) < 4.78 is 13.4. The maximum absolute atomic E-state index is 15.1. The van der Waals surface area contributed by atoms with E-state index in [0.717, 1.165) is 39.9 Å². The number of carbonyl (C=O) groups is 3. The molecule has 3 N–H and O–H groups in total. The van der Waals surface area contributed by atoms with Gasteiger partial charge in [0.15, 0.2) is 5.60 Å². The van der Waals surface area contributed by atoms with Gasteiger partial charge in [-0.15, -0.1) is 0 Å². The second-order valence-corrected chi connectivity index (χ2v) is 19.9. The van der Waals surface area contributed by atoms with Crippen LogP contribution in [0.25, 0.3) is 0 Å². The number of fused-ring (bicyclic) bond motifs is 2. The van der Waals surface area contributed by atoms with Crippen molar-refractivity contribution in [2.24, 2.45) is 5.92 Å². The zero-order chi connectivity index (χ0) is 36.0. The minimum absolute atomic E-state index is 0.0619. The smallest absolute Gasteiger partial charge is 0.264 e. The van der Waals surface area contributed by atoms with Gasteiger partial charge in [0, 0.05) is 28.2 Å². The van der Waals surface area contributed by atoms with Gasteiger partial charge in [0.1, 0.15) is 11.9 Å². The lowest BCUT2D eigenvalue weighted by Crippen LogP contribution is -2.52. The molecule has 10 nitrogen and oxygen atoms in total. The van der Waals surface area contributed by atoms with E-state index in [2.05, 4.69) is 53.4 Å². The Morgan fingerprint density at radius 2 is 1.88 bits per heavy atom. The van der Waals surface area contributed by atoms with Crippen molar-refractivity contribution < 1.29 is 34.1 Å². The van der Waals surface area contributed by atoms with Crippen LogP contribution in [-0.4, -0.2) is 79.4 Å². The molecular formula is C38H46BrN3O7Si. The maximum Gasteiger partial charge on any atom is 0.264 e. The quantitative estimate of drug-likeness (QED) is 0.251. The van der Waals surface area contributed by atoms with Crippen LogP contribution in [0.5, 0.6) is 5.75 Å². The van der Waals surface area contributed by atoms with Crippen molar-refractivity contribution in [2.75, 3.05) is 30.5 Å². The van der Waals surface area contributed by atoms with Gasteiger partial charge in [-0.1, -0.05) is 65.4 Å². The Morgan fingerprint density at radius 3 is 2.56 bits per heavy atom. The van der Waals surface area contributed by atoms with Crippen molar-refractivity contribution in [3.05, 3.63) is 82.3 Å². The van der Waals surface area contributed by atoms with E-state index in [1.807, 2.05) is 36.4 Å². The Labute approximate surface area is 302 Å². The highest BCUT2D eigenvalue weighted by Crippen LogP contribution is 2.60. The van der Waals surface area contributed by atoms with E-state index in [1.54, 1.807) is 35.1 Å². The van der Waals surface area contributed by atoms with Gasteiger partial charge in [-0.2, -0.15) is 0 Å². The molecule has 2 fully saturated rings. The van der Waals surface area contributed by atoms with Crippen LogP contribution in [-0.2, 0) is 31.3 Å². The number of aliphatic hydroxyl groups is 2. The molecule has 3 aliphatic rings. The molecule has 0 aromatic heterocycles. The van der Waals surface area contributed by atoms with Crippen molar-refractivity contribution in [1.82, 2.24) is 4.90 Å². The van der Waals surface area contributed by atoms with E-state index in [-0.39, 0.29) is 48.9 Å². The van der Waals surface area contributed by atoms with Crippen LogP contribution in [0, 0.1) is 5.92 Å². The van der Waals surface area contributed by atoms with Crippen LogP contribution in [0.2, 0.25) is 18.6 Å². The van der Waals surface area contributed by atoms with Crippen molar-refractivity contribution in [2.45, 2.75) is 82.1 Å². The molecule has 0 saturated carbocycles. The Morgan fingerprint density at radius 1 is 1.14 bits per heavy atom. The van der Waals surface area contributed by atoms with Crippen molar-refractivity contribution in [3.8, 4) is 5.75 Å². The minimum atomic E-state index is -2.47. The normalized spacial score (nSPS) is 25.2. The molecule has 0 bridgehead atoms. The van der Waals surface area contributed by atoms with Crippen LogP contribution in [0.4, 0.5) is 11.4 Å². The second kappa shape index (κ2) is 14.2. The average molecular weight is 765 g/mol. The van der Waals surface area contributed by atoms with E-state index in [9.17, 15) is 19.8 Å². The molecule has 0 aliphatic carbocycles. The summed E-state index contributed by atoms with van der Waals surface area (Å²) in [5, 5.41) is 23.6. The molecule has 12 heteroatoms. The number of methoxy groups -OCH3 is 1. The van der Waals surface area contributed by atoms with Gasteiger partial charge >= 0.3 is 0 Å². The number of amides is 3. The Kier molecular flexibility index (Phi) is 10.3. The van der Waals surface area contributed by atoms with Crippen molar-refractivity contribution in [3.63, 3.8) is 0 Å². The molecule has 50 heavy (non-hydrogen) atoms. The fraction of sp³-hybridized carbons (Fsp3) is 0.447. The van der Waals surface area contributed by atoms with E-state index >= 15 is 4.79 Å². The number of nitrogens with zero attached hydrogens (tertiary/aromatic N) is 2. The van der Waals surface area contributed by atoms with Gasteiger partial charge in [-0.3, -0.25) is 14.4 Å². The van der Waals surface area contributed by atoms with Gasteiger partial charge in [-0.25, -0.2) is 0 Å². The van der Waals surface area contributed by atoms with E-state index < -0.39 is 31.8 Å². The predicted molar refractivity (Wildman–Crippen MR) is 198 cm³/mol. The van der Waals surface area contributed by atoms with Crippen LogP contribution in [0.3, 0.4) is 0 Å². The number of anilines is 2. The monoisotopic (exact) mass is 763 g/mol. The number of halogens is 1. The second-order valence-electron chi connectivity index (χ2n) is 14.3. The fourth-order valence-electron chi connectivity index (χ4n) is 8.46. The van der Waals surface area contributed by atoms with E-state index in [0.29, 0.717) is 12.2 Å². The molecule has 0 radical (unpaired) electrons. The number of rotatable bonds is 10. The number of nitrogens with one attached hydrogen (secondary N) is 1. The summed E-state index contributed by atoms with van der Waals surface area (Å²) in [6, 6.07) is 21.0. The number of ether oxygens (including phenoxy) is 2. The molecule has 3 heterocycles. The van der Waals surface area contributed by atoms with Gasteiger partial charge < -0.3 is 34.8 Å². The molecule has 0 unspecified atom stereocenters. The Balaban J connectivity index is 1.41. The first-order valence-corrected chi connectivity index (χ1v) is 21.1. The molecule has 3 amide bonds. The molecule has 3 aromatic rings. The number of carbonyl (C=O) groups excluding carboxylic acids is 3. The summed E-state index contributed by atoms with van der Waals surface area (Å²) in [4.78, 5) is 44.8. The number of aliphatic hydroxyl groups excluding tert-OH is 2. The topological polar surface area (TPSA) is 129 Å². The third kappa shape index (κ3) is 6.41. The maximum atomic E-state index is 15.1. The zero-order valence-electron chi connectivity index (χ0n) is 29.2. The summed E-state index contributed by atoms with van der Waals surface area (Å²) >= 11 is 3.65. The van der Waals surface area contributed by atoms with E-state index in [4.69, 9.17) is 9.47 Å². The lowest BCUT2D eigenvalue weighted by Gasteiger charge is -2.37. The first kappa shape index (κ1) is 36.2. The lowest BCUT2D eigenvalue weighted by molar-refractivity contribution is -0.150. The zero-order valence-corrected chi connectivity index (χ0v) is 31.8. The molecule has 266 valence electrons. The molecule has 3 aliphatic heterocycles. The van der Waals surface area contributed by atoms with Gasteiger partial charge in [0.2, 0.25) is 5.91 Å². The lowest BCUT2D eigenvalue weighted by atomic mass is 9.82. The van der Waals surface area contributed by atoms with Gasteiger partial charge in [-0.05, 0) is 73.3 Å². The van der Waals surface area contributed by atoms with Crippen molar-refractivity contribution in [1.29, 1.82) is 0 Å². The highest BCUT2D eigenvalue weighted by molar-refractivity contribution is 9.10. The molecule has 2 saturated heterocycles. The molecule has 3 aromatic carbocycles. The minimum Gasteiger partial charge on any atom is -0.497 e. The third-order valence-electron chi connectivity index (χ3n) is 11.0. The highest BCUT2D eigenvalue weighted by atomic mass is 79.9. The number of hydrogen-bond donors (Lipinski definition) is 3. The SMILES string of the molecule is COc1ccc([Si](C)(C)[C@H]2[C@H](CC(=O)N3CCC[C@H]3CO)O[C@@]3(C(=O)N(Cc4cccc(NC(=O)[C@H](C)O)c4)c4ccc(Br)cc43)[C@@H]2C)cc1. The summed E-state index contributed by atoms with van der Waals surface area (Å²) in [6.07, 6.45) is 0.0143. The number of benzene rings is 3. The average Bonchev–Trinajstić information content (AvgIpc) is 3.75. The third-order valence-corrected chi connectivity index (χ3v) is 15.8. The largest absolute Gasteiger partial charge is 0.497 e. The van der Waals surface area contributed by atoms with Crippen LogP contribution in [0.15, 0.2) is 71.2 Å². The van der Waals surface area contributed by atoms with Crippen LogP contribution >= 0.6 is 15.9 Å². The number of hydrogen-bond acceptors (Lipinski definition) is 7. The standard InChI is InChI=1S/C38H46BrN3O7Si/c1-23-35(50(4,5)30-14-12-29(48-3)13-15-30)33(20-34(45)41-17-7-10-28(41)22-43)49-38(23)31-19-26(39)11-16-32(31)42(37(38)47)21-25-8-6-9-27(18-25)40-36(46)24(2)44/h6,8-9,11-16,18-19,23-24,28,33,35,43-44H,7,10,17,20-22H2,1-5H3,(H,40,46)/t23-,24+,28+,33+,35-,38+/m1/s1. The summed E-state index contributed by atoms with van der Waals surface area (Å²) in [5.74, 6) is -0.301. The van der Waals surface area contributed by atoms with Crippen LogP contribution < -0.4 is 20.1 Å².